The lowest BCUT2D eigenvalue weighted by Crippen LogP contribution is -2.47. The quantitative estimate of drug-likeness (QED) is 0.820. The molecule has 0 bridgehead atoms. The Balaban J connectivity index is 1.61. The summed E-state index contributed by atoms with van der Waals surface area (Å²) in [5, 5.41) is 0. The van der Waals surface area contributed by atoms with Crippen molar-refractivity contribution in [2.24, 2.45) is 11.8 Å². The smallest absolute Gasteiger partial charge is 0.225 e. The van der Waals surface area contributed by atoms with Crippen LogP contribution in [0.4, 0.5) is 4.39 Å². The summed E-state index contributed by atoms with van der Waals surface area (Å²) >= 11 is 0. The lowest BCUT2D eigenvalue weighted by molar-refractivity contribution is -0.134. The van der Waals surface area contributed by atoms with Crippen LogP contribution in [0.15, 0.2) is 24.3 Å². The Hall–Kier alpha value is -1.46. The molecule has 0 unspecified atom stereocenters. The van der Waals surface area contributed by atoms with E-state index in [1.54, 1.807) is 6.07 Å². The predicted molar refractivity (Wildman–Crippen MR) is 95.8 cm³/mol. The first-order valence-electron chi connectivity index (χ1n) is 9.43. The highest BCUT2D eigenvalue weighted by atomic mass is 19.1. The van der Waals surface area contributed by atoms with Crippen molar-refractivity contribution < 1.29 is 13.9 Å². The molecule has 0 N–H and O–H groups in total. The molecule has 3 atom stereocenters. The van der Waals surface area contributed by atoms with Crippen LogP contribution in [0, 0.1) is 17.7 Å². The summed E-state index contributed by atoms with van der Waals surface area (Å²) in [6.07, 6.45) is 1.68. The summed E-state index contributed by atoms with van der Waals surface area (Å²) in [5.41, 5.74) is 0.886. The minimum absolute atomic E-state index is 0.122. The number of carbonyl (C=O) groups excluding carboxylic acids is 1. The number of carbonyl (C=O) groups is 1. The molecule has 5 heteroatoms. The maximum Gasteiger partial charge on any atom is 0.225 e. The normalized spacial score (nSPS) is 26.0. The molecule has 0 aromatic heterocycles. The third-order valence-electron chi connectivity index (χ3n) is 5.61. The van der Waals surface area contributed by atoms with Crippen molar-refractivity contribution in [2.75, 3.05) is 39.4 Å². The number of benzene rings is 1. The van der Waals surface area contributed by atoms with Gasteiger partial charge in [0.2, 0.25) is 5.91 Å². The molecule has 0 aliphatic carbocycles. The number of rotatable bonds is 5. The standard InChI is InChI=1S/C20H29FN2O2/c1-3-17-13-23(14-19(17)22-7-9-25-10-8-22)20(24)15(2)11-16-5-4-6-18(21)12-16/h4-6,12,15,17,19H,3,7-11,13-14H2,1-2H3/t15-,17+,19+/m0/s1. The average molecular weight is 348 g/mol. The van der Waals surface area contributed by atoms with Crippen LogP contribution in [0.5, 0.6) is 0 Å². The van der Waals surface area contributed by atoms with E-state index in [1.807, 2.05) is 17.9 Å². The van der Waals surface area contributed by atoms with Crippen LogP contribution in [0.3, 0.4) is 0 Å². The van der Waals surface area contributed by atoms with E-state index < -0.39 is 0 Å². The van der Waals surface area contributed by atoms with Gasteiger partial charge in [-0.15, -0.1) is 0 Å². The van der Waals surface area contributed by atoms with Crippen LogP contribution in [-0.2, 0) is 16.0 Å². The van der Waals surface area contributed by atoms with Crippen LogP contribution < -0.4 is 0 Å². The van der Waals surface area contributed by atoms with E-state index in [9.17, 15) is 9.18 Å². The molecule has 0 saturated carbocycles. The Morgan fingerprint density at radius 3 is 2.76 bits per heavy atom. The van der Waals surface area contributed by atoms with Crippen molar-refractivity contribution in [3.05, 3.63) is 35.6 Å². The summed E-state index contributed by atoms with van der Waals surface area (Å²) < 4.78 is 18.8. The molecule has 1 aromatic rings. The van der Waals surface area contributed by atoms with E-state index in [4.69, 9.17) is 4.74 Å². The molecule has 2 fully saturated rings. The Morgan fingerprint density at radius 2 is 2.08 bits per heavy atom. The van der Waals surface area contributed by atoms with Gasteiger partial charge < -0.3 is 9.64 Å². The number of ether oxygens (including phenoxy) is 1. The van der Waals surface area contributed by atoms with E-state index in [0.29, 0.717) is 18.4 Å². The average Bonchev–Trinajstić information content (AvgIpc) is 3.06. The first kappa shape index (κ1) is 18.3. The lowest BCUT2D eigenvalue weighted by Gasteiger charge is -2.34. The Bertz CT molecular complexity index is 589. The fourth-order valence-electron chi connectivity index (χ4n) is 4.17. The number of hydrogen-bond acceptors (Lipinski definition) is 3. The zero-order chi connectivity index (χ0) is 17.8. The van der Waals surface area contributed by atoms with Crippen LogP contribution in [0.2, 0.25) is 0 Å². The van der Waals surface area contributed by atoms with Gasteiger partial charge in [0.25, 0.3) is 0 Å². The van der Waals surface area contributed by atoms with E-state index in [0.717, 1.165) is 51.4 Å². The monoisotopic (exact) mass is 348 g/mol. The first-order chi connectivity index (χ1) is 12.1. The van der Waals surface area contributed by atoms with E-state index >= 15 is 0 Å². The van der Waals surface area contributed by atoms with Gasteiger partial charge in [-0.2, -0.15) is 0 Å². The highest BCUT2D eigenvalue weighted by Gasteiger charge is 2.38. The van der Waals surface area contributed by atoms with Crippen molar-refractivity contribution >= 4 is 5.91 Å². The molecule has 0 radical (unpaired) electrons. The second kappa shape index (κ2) is 8.28. The largest absolute Gasteiger partial charge is 0.379 e. The number of amides is 1. The fraction of sp³-hybridized carbons (Fsp3) is 0.650. The third-order valence-corrected chi connectivity index (χ3v) is 5.61. The molecule has 3 rings (SSSR count). The van der Waals surface area contributed by atoms with Crippen LogP contribution >= 0.6 is 0 Å². The Labute approximate surface area is 149 Å². The number of likely N-dealkylation sites (tertiary alicyclic amines) is 1. The molecule has 2 heterocycles. The van der Waals surface area contributed by atoms with E-state index in [2.05, 4.69) is 11.8 Å². The summed E-state index contributed by atoms with van der Waals surface area (Å²) in [6.45, 7) is 9.31. The maximum absolute atomic E-state index is 13.4. The Kier molecular flexibility index (Phi) is 6.07. The number of halogens is 1. The van der Waals surface area contributed by atoms with Crippen molar-refractivity contribution in [1.82, 2.24) is 9.80 Å². The molecular weight excluding hydrogens is 319 g/mol. The van der Waals surface area contributed by atoms with Gasteiger partial charge in [-0.3, -0.25) is 9.69 Å². The molecule has 1 aromatic carbocycles. The SMILES string of the molecule is CC[C@@H]1CN(C(=O)[C@@H](C)Cc2cccc(F)c2)C[C@H]1N1CCOCC1. The topological polar surface area (TPSA) is 32.8 Å². The van der Waals surface area contributed by atoms with Gasteiger partial charge in [0.1, 0.15) is 5.82 Å². The predicted octanol–water partition coefficient (Wildman–Crippen LogP) is 2.57. The molecule has 0 spiro atoms. The molecule has 2 aliphatic rings. The van der Waals surface area contributed by atoms with Crippen molar-refractivity contribution in [1.29, 1.82) is 0 Å². The van der Waals surface area contributed by atoms with Gasteiger partial charge in [0.15, 0.2) is 0 Å². The van der Waals surface area contributed by atoms with E-state index in [-0.39, 0.29) is 17.6 Å². The molecule has 2 saturated heterocycles. The van der Waals surface area contributed by atoms with E-state index in [1.165, 1.54) is 12.1 Å². The zero-order valence-corrected chi connectivity index (χ0v) is 15.3. The summed E-state index contributed by atoms with van der Waals surface area (Å²) in [6, 6.07) is 7.01. The number of nitrogens with zero attached hydrogens (tertiary/aromatic N) is 2. The van der Waals surface area contributed by atoms with Gasteiger partial charge in [0.05, 0.1) is 13.2 Å². The molecule has 2 aliphatic heterocycles. The third kappa shape index (κ3) is 4.39. The van der Waals surface area contributed by atoms with Gasteiger partial charge in [-0.05, 0) is 30.0 Å². The second-order valence-electron chi connectivity index (χ2n) is 7.36. The van der Waals surface area contributed by atoms with Crippen molar-refractivity contribution in [3.63, 3.8) is 0 Å². The lowest BCUT2D eigenvalue weighted by atomic mass is 9.99. The van der Waals surface area contributed by atoms with Gasteiger partial charge >= 0.3 is 0 Å². The fourth-order valence-corrected chi connectivity index (χ4v) is 4.17. The summed E-state index contributed by atoms with van der Waals surface area (Å²) in [4.78, 5) is 17.4. The first-order valence-corrected chi connectivity index (χ1v) is 9.43. The minimum atomic E-state index is -0.239. The molecule has 138 valence electrons. The van der Waals surface area contributed by atoms with Crippen LogP contribution in [-0.4, -0.2) is 61.1 Å². The molecule has 1 amide bonds. The highest BCUT2D eigenvalue weighted by molar-refractivity contribution is 5.79. The van der Waals surface area contributed by atoms with Crippen molar-refractivity contribution in [2.45, 2.75) is 32.7 Å². The Morgan fingerprint density at radius 1 is 1.32 bits per heavy atom. The molecule has 4 nitrogen and oxygen atoms in total. The highest BCUT2D eigenvalue weighted by Crippen LogP contribution is 2.27. The molecular formula is C20H29FN2O2. The number of morpholine rings is 1. The van der Waals surface area contributed by atoms with Crippen LogP contribution in [0.25, 0.3) is 0 Å². The molecule has 25 heavy (non-hydrogen) atoms. The van der Waals surface area contributed by atoms with Gasteiger partial charge in [-0.25, -0.2) is 4.39 Å². The van der Waals surface area contributed by atoms with Gasteiger partial charge in [0, 0.05) is 38.1 Å². The summed E-state index contributed by atoms with van der Waals surface area (Å²) in [5.74, 6) is 0.362. The van der Waals surface area contributed by atoms with Gasteiger partial charge in [-0.1, -0.05) is 32.4 Å². The zero-order valence-electron chi connectivity index (χ0n) is 15.3. The summed E-state index contributed by atoms with van der Waals surface area (Å²) in [7, 11) is 0. The van der Waals surface area contributed by atoms with Crippen molar-refractivity contribution in [3.8, 4) is 0 Å². The van der Waals surface area contributed by atoms with Crippen LogP contribution in [0.1, 0.15) is 25.8 Å². The maximum atomic E-state index is 13.4. The minimum Gasteiger partial charge on any atom is -0.379 e. The second-order valence-corrected chi connectivity index (χ2v) is 7.36. The number of hydrogen-bond donors (Lipinski definition) is 0.